The lowest BCUT2D eigenvalue weighted by Crippen LogP contribution is -2.10. The maximum absolute atomic E-state index is 9.56. The minimum absolute atomic E-state index is 0.332. The third kappa shape index (κ3) is 3.93. The van der Waals surface area contributed by atoms with Gasteiger partial charge in [0.1, 0.15) is 5.75 Å². The van der Waals surface area contributed by atoms with E-state index in [1.807, 2.05) is 0 Å². The Morgan fingerprint density at radius 1 is 0.600 bits per heavy atom. The number of aromatic hydroxyl groups is 1. The van der Waals surface area contributed by atoms with E-state index in [9.17, 15) is 5.11 Å². The van der Waals surface area contributed by atoms with Gasteiger partial charge in [0.25, 0.3) is 0 Å². The van der Waals surface area contributed by atoms with Gasteiger partial charge < -0.3 is 5.11 Å². The predicted octanol–water partition coefficient (Wildman–Crippen LogP) is 6.75. The predicted molar refractivity (Wildman–Crippen MR) is 106 cm³/mol. The van der Waals surface area contributed by atoms with E-state index in [0.717, 1.165) is 12.8 Å². The fraction of sp³-hybridized carbons (Fsp3) is 0.250. The van der Waals surface area contributed by atoms with Crippen LogP contribution in [-0.2, 0) is 0 Å². The van der Waals surface area contributed by atoms with Crippen LogP contribution in [0.5, 0.6) is 5.75 Å². The van der Waals surface area contributed by atoms with Crippen molar-refractivity contribution in [2.24, 2.45) is 0 Å². The van der Waals surface area contributed by atoms with Gasteiger partial charge in [-0.05, 0) is 59.1 Å². The molecule has 1 nitrogen and oxygen atoms in total. The van der Waals surface area contributed by atoms with Gasteiger partial charge in [0.15, 0.2) is 0 Å². The SMILES string of the molecule is CC[C@H](c1ccc(O)cc1)[C@H](CC)c1ccc(-c2ccccc2)cc1. The Bertz CT molecular complexity index is 773. The Balaban J connectivity index is 1.88. The van der Waals surface area contributed by atoms with Crippen molar-refractivity contribution in [1.29, 1.82) is 0 Å². The molecule has 0 spiro atoms. The summed E-state index contributed by atoms with van der Waals surface area (Å²) in [6.45, 7) is 4.51. The largest absolute Gasteiger partial charge is 0.508 e. The van der Waals surface area contributed by atoms with Gasteiger partial charge >= 0.3 is 0 Å². The molecule has 128 valence electrons. The van der Waals surface area contributed by atoms with Crippen LogP contribution in [0.1, 0.15) is 49.7 Å². The average Bonchev–Trinajstić information content (AvgIpc) is 2.68. The van der Waals surface area contributed by atoms with Crippen LogP contribution in [0.2, 0.25) is 0 Å². The lowest BCUT2D eigenvalue weighted by atomic mass is 9.78. The molecule has 0 heterocycles. The summed E-state index contributed by atoms with van der Waals surface area (Å²) >= 11 is 0. The molecule has 0 fully saturated rings. The first-order valence-corrected chi connectivity index (χ1v) is 9.17. The summed E-state index contributed by atoms with van der Waals surface area (Å²) < 4.78 is 0. The van der Waals surface area contributed by atoms with E-state index in [2.05, 4.69) is 80.6 Å². The Labute approximate surface area is 151 Å². The molecule has 0 unspecified atom stereocenters. The Hall–Kier alpha value is -2.54. The number of hydrogen-bond acceptors (Lipinski definition) is 1. The maximum atomic E-state index is 9.56. The fourth-order valence-electron chi connectivity index (χ4n) is 3.78. The smallest absolute Gasteiger partial charge is 0.115 e. The summed E-state index contributed by atoms with van der Waals surface area (Å²) in [7, 11) is 0. The summed E-state index contributed by atoms with van der Waals surface area (Å²) in [6.07, 6.45) is 2.19. The molecule has 2 atom stereocenters. The number of phenols is 1. The van der Waals surface area contributed by atoms with Crippen molar-refractivity contribution in [2.75, 3.05) is 0 Å². The molecule has 0 aliphatic carbocycles. The van der Waals surface area contributed by atoms with Crippen LogP contribution < -0.4 is 0 Å². The molecule has 1 N–H and O–H groups in total. The van der Waals surface area contributed by atoms with E-state index in [-0.39, 0.29) is 0 Å². The highest BCUT2D eigenvalue weighted by Crippen LogP contribution is 2.38. The molecule has 3 rings (SSSR count). The molecule has 3 aromatic rings. The van der Waals surface area contributed by atoms with E-state index in [1.54, 1.807) is 12.1 Å². The summed E-state index contributed by atoms with van der Waals surface area (Å²) in [5, 5.41) is 9.56. The van der Waals surface area contributed by atoms with Crippen LogP contribution in [0.3, 0.4) is 0 Å². The highest BCUT2D eigenvalue weighted by atomic mass is 16.3. The monoisotopic (exact) mass is 330 g/mol. The highest BCUT2D eigenvalue weighted by Gasteiger charge is 2.22. The first kappa shape index (κ1) is 17.3. The van der Waals surface area contributed by atoms with Crippen LogP contribution >= 0.6 is 0 Å². The van der Waals surface area contributed by atoms with Gasteiger partial charge in [-0.3, -0.25) is 0 Å². The molecule has 0 aliphatic rings. The zero-order valence-corrected chi connectivity index (χ0v) is 15.0. The van der Waals surface area contributed by atoms with Crippen LogP contribution in [0.4, 0.5) is 0 Å². The second kappa shape index (κ2) is 8.02. The van der Waals surface area contributed by atoms with Crippen molar-refractivity contribution in [1.82, 2.24) is 0 Å². The van der Waals surface area contributed by atoms with Crippen LogP contribution in [0.25, 0.3) is 11.1 Å². The molecule has 0 saturated heterocycles. The molecule has 1 heteroatoms. The standard InChI is InChI=1S/C24H26O/c1-3-23(24(4-2)21-14-16-22(25)17-15-21)20-12-10-19(11-13-20)18-8-6-5-7-9-18/h5-17,23-25H,3-4H2,1-2H3/t23-,24-/m1/s1. The first-order chi connectivity index (χ1) is 12.2. The summed E-state index contributed by atoms with van der Waals surface area (Å²) in [5.74, 6) is 1.28. The Morgan fingerprint density at radius 3 is 1.52 bits per heavy atom. The molecule has 0 saturated carbocycles. The van der Waals surface area contributed by atoms with E-state index >= 15 is 0 Å². The molecular formula is C24H26O. The maximum Gasteiger partial charge on any atom is 0.115 e. The van der Waals surface area contributed by atoms with Gasteiger partial charge in [-0.1, -0.05) is 80.6 Å². The van der Waals surface area contributed by atoms with Crippen molar-refractivity contribution in [2.45, 2.75) is 38.5 Å². The lowest BCUT2D eigenvalue weighted by molar-refractivity contribution is 0.473. The van der Waals surface area contributed by atoms with Crippen LogP contribution in [0.15, 0.2) is 78.9 Å². The molecule has 0 amide bonds. The normalized spacial score (nSPS) is 13.4. The van der Waals surface area contributed by atoms with Gasteiger partial charge in [-0.2, -0.15) is 0 Å². The Morgan fingerprint density at radius 2 is 1.04 bits per heavy atom. The third-order valence-corrected chi connectivity index (χ3v) is 5.13. The second-order valence-corrected chi connectivity index (χ2v) is 6.61. The van der Waals surface area contributed by atoms with Gasteiger partial charge in [-0.25, -0.2) is 0 Å². The van der Waals surface area contributed by atoms with Crippen molar-refractivity contribution >= 4 is 0 Å². The molecule has 3 aromatic carbocycles. The lowest BCUT2D eigenvalue weighted by Gasteiger charge is -2.26. The van der Waals surface area contributed by atoms with Crippen molar-refractivity contribution in [3.05, 3.63) is 90.0 Å². The summed E-state index contributed by atoms with van der Waals surface area (Å²) in [6, 6.07) is 27.2. The van der Waals surface area contributed by atoms with Gasteiger partial charge in [0, 0.05) is 0 Å². The topological polar surface area (TPSA) is 20.2 Å². The quantitative estimate of drug-likeness (QED) is 0.530. The third-order valence-electron chi connectivity index (χ3n) is 5.13. The van der Waals surface area contributed by atoms with Crippen LogP contribution in [-0.4, -0.2) is 5.11 Å². The molecule has 0 radical (unpaired) electrons. The van der Waals surface area contributed by atoms with E-state index in [0.29, 0.717) is 17.6 Å². The first-order valence-electron chi connectivity index (χ1n) is 9.17. The fourth-order valence-corrected chi connectivity index (χ4v) is 3.78. The van der Waals surface area contributed by atoms with Crippen molar-refractivity contribution in [3.63, 3.8) is 0 Å². The van der Waals surface area contributed by atoms with E-state index in [4.69, 9.17) is 0 Å². The minimum Gasteiger partial charge on any atom is -0.508 e. The van der Waals surface area contributed by atoms with Gasteiger partial charge in [0.05, 0.1) is 0 Å². The number of rotatable bonds is 6. The number of hydrogen-bond donors (Lipinski definition) is 1. The minimum atomic E-state index is 0.332. The molecule has 25 heavy (non-hydrogen) atoms. The molecule has 0 bridgehead atoms. The number of phenolic OH excluding ortho intramolecular Hbond substituents is 1. The van der Waals surface area contributed by atoms with Crippen molar-refractivity contribution in [3.8, 4) is 16.9 Å². The molecule has 0 aliphatic heterocycles. The second-order valence-electron chi connectivity index (χ2n) is 6.61. The molecular weight excluding hydrogens is 304 g/mol. The molecule has 0 aromatic heterocycles. The zero-order chi connectivity index (χ0) is 17.6. The van der Waals surface area contributed by atoms with E-state index < -0.39 is 0 Å². The van der Waals surface area contributed by atoms with Crippen molar-refractivity contribution < 1.29 is 5.11 Å². The number of benzene rings is 3. The zero-order valence-electron chi connectivity index (χ0n) is 15.0. The van der Waals surface area contributed by atoms with Crippen LogP contribution in [0, 0.1) is 0 Å². The van der Waals surface area contributed by atoms with Gasteiger partial charge in [0.2, 0.25) is 0 Å². The van der Waals surface area contributed by atoms with E-state index in [1.165, 1.54) is 22.3 Å². The Kier molecular flexibility index (Phi) is 5.55. The summed E-state index contributed by atoms with van der Waals surface area (Å²) in [5.41, 5.74) is 5.21. The summed E-state index contributed by atoms with van der Waals surface area (Å²) in [4.78, 5) is 0. The average molecular weight is 330 g/mol. The van der Waals surface area contributed by atoms with Gasteiger partial charge in [-0.15, -0.1) is 0 Å². The highest BCUT2D eigenvalue weighted by molar-refractivity contribution is 5.63.